The van der Waals surface area contributed by atoms with Crippen molar-refractivity contribution < 1.29 is 32.2 Å². The molecule has 0 fully saturated rings. The Bertz CT molecular complexity index is 1350. The summed E-state index contributed by atoms with van der Waals surface area (Å²) in [6.07, 6.45) is -3.68. The molecule has 0 unspecified atom stereocenters. The molecular weight excluding hydrogens is 453 g/mol. The minimum absolute atomic E-state index is 0.0307. The number of methoxy groups -OCH3 is 3. The lowest BCUT2D eigenvalue weighted by Crippen LogP contribution is -2.16. The highest BCUT2D eigenvalue weighted by Gasteiger charge is 2.36. The SMILES string of the molecule is COc1ccc(-c2cc(C(F)(F)F)n3ncc(C(=O)Nc4ccc(OC)c(OC)c4)c3n2)cc1. The first-order chi connectivity index (χ1) is 16.2. The molecule has 34 heavy (non-hydrogen) atoms. The van der Waals surface area contributed by atoms with Crippen molar-refractivity contribution in [2.75, 3.05) is 26.6 Å². The first-order valence-electron chi connectivity index (χ1n) is 9.89. The van der Waals surface area contributed by atoms with Crippen molar-refractivity contribution in [2.24, 2.45) is 0 Å². The van der Waals surface area contributed by atoms with Crippen LogP contribution in [-0.2, 0) is 6.18 Å². The number of hydrogen-bond donors (Lipinski definition) is 1. The first kappa shape index (κ1) is 22.9. The van der Waals surface area contributed by atoms with Crippen molar-refractivity contribution >= 4 is 17.2 Å². The quantitative estimate of drug-likeness (QED) is 0.438. The van der Waals surface area contributed by atoms with Crippen LogP contribution in [0, 0.1) is 0 Å². The van der Waals surface area contributed by atoms with Gasteiger partial charge in [-0.15, -0.1) is 0 Å². The van der Waals surface area contributed by atoms with Gasteiger partial charge in [0, 0.05) is 17.3 Å². The van der Waals surface area contributed by atoms with Crippen LogP contribution in [0.3, 0.4) is 0 Å². The van der Waals surface area contributed by atoms with Crippen molar-refractivity contribution in [3.8, 4) is 28.5 Å². The molecule has 0 radical (unpaired) electrons. The van der Waals surface area contributed by atoms with E-state index in [-0.39, 0.29) is 16.9 Å². The van der Waals surface area contributed by atoms with Crippen LogP contribution >= 0.6 is 0 Å². The van der Waals surface area contributed by atoms with Crippen LogP contribution in [-0.4, -0.2) is 41.8 Å². The summed E-state index contributed by atoms with van der Waals surface area (Å²) in [6.45, 7) is 0. The molecule has 0 saturated carbocycles. The first-order valence-corrected chi connectivity index (χ1v) is 9.89. The van der Waals surface area contributed by atoms with Crippen LogP contribution in [0.5, 0.6) is 17.2 Å². The lowest BCUT2D eigenvalue weighted by molar-refractivity contribution is -0.142. The maximum atomic E-state index is 13.8. The van der Waals surface area contributed by atoms with E-state index < -0.39 is 17.8 Å². The Morgan fingerprint density at radius 1 is 0.941 bits per heavy atom. The molecule has 1 amide bonds. The molecule has 1 N–H and O–H groups in total. The number of ether oxygens (including phenoxy) is 3. The Balaban J connectivity index is 1.78. The van der Waals surface area contributed by atoms with Crippen LogP contribution in [0.1, 0.15) is 16.1 Å². The number of amides is 1. The van der Waals surface area contributed by atoms with Crippen molar-refractivity contribution in [3.05, 3.63) is 66.0 Å². The molecule has 2 aromatic carbocycles. The summed E-state index contributed by atoms with van der Waals surface area (Å²) in [7, 11) is 4.40. The van der Waals surface area contributed by atoms with Crippen molar-refractivity contribution in [1.29, 1.82) is 0 Å². The standard InChI is InChI=1S/C23H19F3N4O4/c1-32-15-7-4-13(5-8-15)17-11-20(23(24,25)26)30-21(29-17)16(12-27-30)22(31)28-14-6-9-18(33-2)19(10-14)34-3/h4-12H,1-3H3,(H,28,31). The maximum absolute atomic E-state index is 13.8. The highest BCUT2D eigenvalue weighted by molar-refractivity contribution is 6.08. The molecule has 0 spiro atoms. The highest BCUT2D eigenvalue weighted by atomic mass is 19.4. The second-order valence-electron chi connectivity index (χ2n) is 7.07. The van der Waals surface area contributed by atoms with Gasteiger partial charge in [-0.05, 0) is 42.5 Å². The summed E-state index contributed by atoms with van der Waals surface area (Å²) in [5, 5.41) is 6.41. The minimum Gasteiger partial charge on any atom is -0.497 e. The molecule has 0 bridgehead atoms. The molecule has 0 aliphatic heterocycles. The molecule has 8 nitrogen and oxygen atoms in total. The lowest BCUT2D eigenvalue weighted by Gasteiger charge is -2.12. The van der Waals surface area contributed by atoms with Gasteiger partial charge in [-0.25, -0.2) is 9.50 Å². The van der Waals surface area contributed by atoms with Crippen LogP contribution < -0.4 is 19.5 Å². The van der Waals surface area contributed by atoms with E-state index in [1.54, 1.807) is 36.4 Å². The van der Waals surface area contributed by atoms with Gasteiger partial charge in [0.1, 0.15) is 11.3 Å². The third-order valence-corrected chi connectivity index (χ3v) is 5.03. The van der Waals surface area contributed by atoms with Gasteiger partial charge in [0.15, 0.2) is 22.8 Å². The Morgan fingerprint density at radius 2 is 1.65 bits per heavy atom. The largest absolute Gasteiger partial charge is 0.497 e. The zero-order valence-electron chi connectivity index (χ0n) is 18.3. The topological polar surface area (TPSA) is 87.0 Å². The predicted molar refractivity (Wildman–Crippen MR) is 117 cm³/mol. The fourth-order valence-corrected chi connectivity index (χ4v) is 3.35. The maximum Gasteiger partial charge on any atom is 0.433 e. The average molecular weight is 472 g/mol. The van der Waals surface area contributed by atoms with Gasteiger partial charge in [0.25, 0.3) is 5.91 Å². The van der Waals surface area contributed by atoms with E-state index in [4.69, 9.17) is 14.2 Å². The van der Waals surface area contributed by atoms with E-state index in [2.05, 4.69) is 15.4 Å². The molecule has 2 heterocycles. The summed E-state index contributed by atoms with van der Waals surface area (Å²) in [4.78, 5) is 17.3. The van der Waals surface area contributed by atoms with Gasteiger partial charge < -0.3 is 19.5 Å². The van der Waals surface area contributed by atoms with Gasteiger partial charge >= 0.3 is 6.18 Å². The second kappa shape index (κ2) is 8.93. The van der Waals surface area contributed by atoms with Gasteiger partial charge in [-0.1, -0.05) is 0 Å². The van der Waals surface area contributed by atoms with Gasteiger partial charge in [-0.2, -0.15) is 18.3 Å². The summed E-state index contributed by atoms with van der Waals surface area (Å²) < 4.78 is 57.5. The van der Waals surface area contributed by atoms with E-state index in [9.17, 15) is 18.0 Å². The minimum atomic E-state index is -4.73. The molecule has 2 aromatic heterocycles. The van der Waals surface area contributed by atoms with E-state index >= 15 is 0 Å². The molecule has 0 aliphatic carbocycles. The fourth-order valence-electron chi connectivity index (χ4n) is 3.35. The van der Waals surface area contributed by atoms with Crippen molar-refractivity contribution in [2.45, 2.75) is 6.18 Å². The number of nitrogens with zero attached hydrogens (tertiary/aromatic N) is 3. The zero-order valence-corrected chi connectivity index (χ0v) is 18.3. The second-order valence-corrected chi connectivity index (χ2v) is 7.07. The fraction of sp³-hybridized carbons (Fsp3) is 0.174. The van der Waals surface area contributed by atoms with Crippen LogP contribution in [0.25, 0.3) is 16.9 Å². The lowest BCUT2D eigenvalue weighted by atomic mass is 10.1. The number of fused-ring (bicyclic) bond motifs is 1. The summed E-state index contributed by atoms with van der Waals surface area (Å²) in [5.74, 6) is 0.687. The third kappa shape index (κ3) is 4.32. The number of alkyl halides is 3. The summed E-state index contributed by atoms with van der Waals surface area (Å²) in [6, 6.07) is 12.0. The number of anilines is 1. The Kier molecular flexibility index (Phi) is 6.01. The number of rotatable bonds is 6. The van der Waals surface area contributed by atoms with E-state index in [0.29, 0.717) is 33.0 Å². The van der Waals surface area contributed by atoms with Crippen LogP contribution in [0.15, 0.2) is 54.7 Å². The number of aromatic nitrogens is 3. The molecule has 0 atom stereocenters. The average Bonchev–Trinajstić information content (AvgIpc) is 3.26. The normalized spacial score (nSPS) is 11.4. The molecule has 4 aromatic rings. The summed E-state index contributed by atoms with van der Waals surface area (Å²) >= 11 is 0. The predicted octanol–water partition coefficient (Wildman–Crippen LogP) is 4.69. The third-order valence-electron chi connectivity index (χ3n) is 5.03. The monoisotopic (exact) mass is 472 g/mol. The van der Waals surface area contributed by atoms with E-state index in [1.165, 1.54) is 27.4 Å². The smallest absolute Gasteiger partial charge is 0.433 e. The Morgan fingerprint density at radius 3 is 2.26 bits per heavy atom. The Hall–Kier alpha value is -4.28. The molecule has 0 saturated heterocycles. The molecule has 4 rings (SSSR count). The molecular formula is C23H19F3N4O4. The molecule has 11 heteroatoms. The number of hydrogen-bond acceptors (Lipinski definition) is 6. The van der Waals surface area contributed by atoms with Gasteiger partial charge in [0.2, 0.25) is 0 Å². The van der Waals surface area contributed by atoms with Crippen molar-refractivity contribution in [1.82, 2.24) is 14.6 Å². The summed E-state index contributed by atoms with van der Waals surface area (Å²) in [5.41, 5.74) is -0.628. The Labute approximate surface area is 191 Å². The number of carbonyl (C=O) groups excluding carboxylic acids is 1. The number of benzene rings is 2. The van der Waals surface area contributed by atoms with E-state index in [1.807, 2.05) is 0 Å². The molecule has 176 valence electrons. The van der Waals surface area contributed by atoms with Crippen LogP contribution in [0.4, 0.5) is 18.9 Å². The molecule has 0 aliphatic rings. The van der Waals surface area contributed by atoms with Crippen LogP contribution in [0.2, 0.25) is 0 Å². The number of carbonyl (C=O) groups is 1. The van der Waals surface area contributed by atoms with E-state index in [0.717, 1.165) is 12.3 Å². The zero-order chi connectivity index (χ0) is 24.5. The van der Waals surface area contributed by atoms with Gasteiger partial charge in [0.05, 0.1) is 33.2 Å². The number of halogens is 3. The van der Waals surface area contributed by atoms with Crippen molar-refractivity contribution in [3.63, 3.8) is 0 Å². The number of nitrogens with one attached hydrogen (secondary N) is 1. The van der Waals surface area contributed by atoms with Gasteiger partial charge in [-0.3, -0.25) is 4.79 Å². The highest BCUT2D eigenvalue weighted by Crippen LogP contribution is 2.34.